The normalized spacial score (nSPS) is 19.6. The van der Waals surface area contributed by atoms with Crippen LogP contribution in [0.25, 0.3) is 0 Å². The fraction of sp³-hybridized carbons (Fsp3) is 0.417. The maximum atomic E-state index is 11.8. The Bertz CT molecular complexity index is 323. The van der Waals surface area contributed by atoms with E-state index in [4.69, 9.17) is 0 Å². The van der Waals surface area contributed by atoms with Crippen molar-refractivity contribution >= 4 is 24.0 Å². The van der Waals surface area contributed by atoms with Crippen LogP contribution in [0.2, 0.25) is 0 Å². The molecule has 1 aromatic rings. The molecule has 0 spiro atoms. The lowest BCUT2D eigenvalue weighted by Crippen LogP contribution is -2.37. The van der Waals surface area contributed by atoms with Gasteiger partial charge in [0.15, 0.2) is 0 Å². The number of hydrogen-bond acceptors (Lipinski definition) is 2. The maximum absolute atomic E-state index is 11.8. The number of carbonyl (C=O) groups excluding carboxylic acids is 1. The first-order valence-corrected chi connectivity index (χ1v) is 5.43. The average molecular weight is 241 g/mol. The standard InChI is InChI=1S/C12H16N2O.ClH/c15-12(10-5-4-8-13-9-10)14-11-6-2-1-3-7-11;/h1-3,6-7,10,13H,4-5,8-9H2,(H,14,15);1H. The first-order chi connectivity index (χ1) is 7.36. The Hall–Kier alpha value is -1.06. The Kier molecular flexibility index (Phi) is 5.29. The smallest absolute Gasteiger partial charge is 0.228 e. The third-order valence-corrected chi connectivity index (χ3v) is 2.71. The van der Waals surface area contributed by atoms with Crippen LogP contribution in [-0.2, 0) is 4.79 Å². The van der Waals surface area contributed by atoms with E-state index in [9.17, 15) is 4.79 Å². The quantitative estimate of drug-likeness (QED) is 0.831. The monoisotopic (exact) mass is 240 g/mol. The van der Waals surface area contributed by atoms with Gasteiger partial charge >= 0.3 is 0 Å². The predicted molar refractivity (Wildman–Crippen MR) is 67.9 cm³/mol. The highest BCUT2D eigenvalue weighted by Crippen LogP contribution is 2.13. The summed E-state index contributed by atoms with van der Waals surface area (Å²) < 4.78 is 0. The van der Waals surface area contributed by atoms with E-state index in [1.165, 1.54) is 0 Å². The summed E-state index contributed by atoms with van der Waals surface area (Å²) in [6.07, 6.45) is 2.08. The molecule has 0 bridgehead atoms. The summed E-state index contributed by atoms with van der Waals surface area (Å²) in [6, 6.07) is 9.61. The Labute approximate surface area is 102 Å². The topological polar surface area (TPSA) is 41.1 Å². The minimum Gasteiger partial charge on any atom is -0.326 e. The van der Waals surface area contributed by atoms with Crippen molar-refractivity contribution in [2.75, 3.05) is 18.4 Å². The second-order valence-electron chi connectivity index (χ2n) is 3.90. The third kappa shape index (κ3) is 3.51. The van der Waals surface area contributed by atoms with Gasteiger partial charge in [-0.2, -0.15) is 0 Å². The fourth-order valence-corrected chi connectivity index (χ4v) is 1.84. The molecule has 2 N–H and O–H groups in total. The third-order valence-electron chi connectivity index (χ3n) is 2.71. The predicted octanol–water partition coefficient (Wildman–Crippen LogP) is 2.05. The molecular formula is C12H17ClN2O. The van der Waals surface area contributed by atoms with E-state index >= 15 is 0 Å². The van der Waals surface area contributed by atoms with Gasteiger partial charge in [0.2, 0.25) is 5.91 Å². The van der Waals surface area contributed by atoms with Gasteiger partial charge in [0.25, 0.3) is 0 Å². The van der Waals surface area contributed by atoms with Gasteiger partial charge in [-0.05, 0) is 31.5 Å². The number of nitrogens with one attached hydrogen (secondary N) is 2. The van der Waals surface area contributed by atoms with E-state index < -0.39 is 0 Å². The van der Waals surface area contributed by atoms with Crippen LogP contribution in [0, 0.1) is 5.92 Å². The second-order valence-corrected chi connectivity index (χ2v) is 3.90. The van der Waals surface area contributed by atoms with E-state index in [0.717, 1.165) is 31.6 Å². The number of halogens is 1. The van der Waals surface area contributed by atoms with Crippen LogP contribution in [0.5, 0.6) is 0 Å². The molecule has 1 amide bonds. The van der Waals surface area contributed by atoms with Gasteiger partial charge < -0.3 is 10.6 Å². The number of anilines is 1. The molecule has 1 aliphatic heterocycles. The molecule has 1 aliphatic rings. The Morgan fingerprint density at radius 1 is 1.31 bits per heavy atom. The average Bonchev–Trinajstić information content (AvgIpc) is 2.31. The van der Waals surface area contributed by atoms with Crippen molar-refractivity contribution in [3.63, 3.8) is 0 Å². The molecule has 0 aliphatic carbocycles. The van der Waals surface area contributed by atoms with E-state index in [1.54, 1.807) is 0 Å². The summed E-state index contributed by atoms with van der Waals surface area (Å²) in [5, 5.41) is 6.17. The van der Waals surface area contributed by atoms with E-state index in [-0.39, 0.29) is 24.2 Å². The molecule has 1 unspecified atom stereocenters. The number of carbonyl (C=O) groups is 1. The molecule has 1 heterocycles. The number of para-hydroxylation sites is 1. The van der Waals surface area contributed by atoms with Gasteiger partial charge in [0.05, 0.1) is 5.92 Å². The molecule has 3 nitrogen and oxygen atoms in total. The molecule has 0 aromatic heterocycles. The minimum absolute atomic E-state index is 0. The number of piperidine rings is 1. The lowest BCUT2D eigenvalue weighted by molar-refractivity contribution is -0.120. The van der Waals surface area contributed by atoms with Gasteiger partial charge in [-0.15, -0.1) is 12.4 Å². The maximum Gasteiger partial charge on any atom is 0.228 e. The largest absolute Gasteiger partial charge is 0.326 e. The van der Waals surface area contributed by atoms with Crippen LogP contribution in [0.1, 0.15) is 12.8 Å². The van der Waals surface area contributed by atoms with Gasteiger partial charge in [-0.1, -0.05) is 18.2 Å². The van der Waals surface area contributed by atoms with Gasteiger partial charge in [0.1, 0.15) is 0 Å². The molecule has 88 valence electrons. The van der Waals surface area contributed by atoms with Gasteiger partial charge in [-0.25, -0.2) is 0 Å². The van der Waals surface area contributed by atoms with Crippen molar-refractivity contribution in [1.29, 1.82) is 0 Å². The zero-order valence-electron chi connectivity index (χ0n) is 9.11. The molecule has 2 rings (SSSR count). The number of amides is 1. The van der Waals surface area contributed by atoms with Crippen molar-refractivity contribution in [3.05, 3.63) is 30.3 Å². The molecule has 1 atom stereocenters. The Morgan fingerprint density at radius 3 is 2.69 bits per heavy atom. The summed E-state index contributed by atoms with van der Waals surface area (Å²) >= 11 is 0. The number of benzene rings is 1. The molecule has 16 heavy (non-hydrogen) atoms. The lowest BCUT2D eigenvalue weighted by Gasteiger charge is -2.21. The summed E-state index contributed by atoms with van der Waals surface area (Å²) in [4.78, 5) is 11.8. The van der Waals surface area contributed by atoms with Gasteiger partial charge in [-0.3, -0.25) is 4.79 Å². The SMILES string of the molecule is Cl.O=C(Nc1ccccc1)C1CCCNC1. The van der Waals surface area contributed by atoms with Crippen molar-refractivity contribution in [2.24, 2.45) is 5.92 Å². The van der Waals surface area contributed by atoms with E-state index in [2.05, 4.69) is 10.6 Å². The Balaban J connectivity index is 0.00000128. The molecule has 0 radical (unpaired) electrons. The van der Waals surface area contributed by atoms with E-state index in [0.29, 0.717) is 0 Å². The minimum atomic E-state index is 0. The van der Waals surface area contributed by atoms with Crippen LogP contribution in [0.3, 0.4) is 0 Å². The van der Waals surface area contributed by atoms with Crippen LogP contribution < -0.4 is 10.6 Å². The lowest BCUT2D eigenvalue weighted by atomic mass is 9.99. The summed E-state index contributed by atoms with van der Waals surface area (Å²) in [7, 11) is 0. The molecule has 4 heteroatoms. The summed E-state index contributed by atoms with van der Waals surface area (Å²) in [5.74, 6) is 0.257. The first kappa shape index (κ1) is 13.0. The summed E-state index contributed by atoms with van der Waals surface area (Å²) in [5.41, 5.74) is 0.882. The number of hydrogen-bond donors (Lipinski definition) is 2. The van der Waals surface area contributed by atoms with Crippen molar-refractivity contribution in [3.8, 4) is 0 Å². The zero-order valence-corrected chi connectivity index (χ0v) is 9.93. The van der Waals surface area contributed by atoms with Crippen molar-refractivity contribution < 1.29 is 4.79 Å². The summed E-state index contributed by atoms with van der Waals surface area (Å²) in [6.45, 7) is 1.84. The zero-order chi connectivity index (χ0) is 10.5. The van der Waals surface area contributed by atoms with Crippen molar-refractivity contribution in [2.45, 2.75) is 12.8 Å². The van der Waals surface area contributed by atoms with Gasteiger partial charge in [0, 0.05) is 12.2 Å². The highest BCUT2D eigenvalue weighted by Gasteiger charge is 2.20. The first-order valence-electron chi connectivity index (χ1n) is 5.43. The molecule has 0 saturated carbocycles. The second kappa shape index (κ2) is 6.51. The highest BCUT2D eigenvalue weighted by molar-refractivity contribution is 5.92. The van der Waals surface area contributed by atoms with Crippen LogP contribution in [-0.4, -0.2) is 19.0 Å². The fourth-order valence-electron chi connectivity index (χ4n) is 1.84. The molecule has 1 fully saturated rings. The van der Waals surface area contributed by atoms with E-state index in [1.807, 2.05) is 30.3 Å². The Morgan fingerprint density at radius 2 is 2.06 bits per heavy atom. The number of rotatable bonds is 2. The molecule has 1 aromatic carbocycles. The molecular weight excluding hydrogens is 224 g/mol. The van der Waals surface area contributed by atoms with Crippen molar-refractivity contribution in [1.82, 2.24) is 5.32 Å². The molecule has 1 saturated heterocycles. The van der Waals surface area contributed by atoms with Crippen LogP contribution >= 0.6 is 12.4 Å². The van der Waals surface area contributed by atoms with Crippen LogP contribution in [0.4, 0.5) is 5.69 Å². The highest BCUT2D eigenvalue weighted by atomic mass is 35.5. The van der Waals surface area contributed by atoms with Crippen LogP contribution in [0.15, 0.2) is 30.3 Å².